The molecule has 2 atom stereocenters. The first-order valence-corrected chi connectivity index (χ1v) is 21.9. The maximum atomic E-state index is 13.5. The minimum absolute atomic E-state index is 0.00520. The number of nitrogens with zero attached hydrogens (tertiary/aromatic N) is 2. The van der Waals surface area contributed by atoms with Crippen LogP contribution in [0.3, 0.4) is 0 Å². The summed E-state index contributed by atoms with van der Waals surface area (Å²) < 4.78 is 43.2. The summed E-state index contributed by atoms with van der Waals surface area (Å²) in [6, 6.07) is 3.87. The van der Waals surface area contributed by atoms with Crippen LogP contribution in [0.4, 0.5) is 20.1 Å². The number of hydrogen-bond acceptors (Lipinski definition) is 15. The average Bonchev–Trinajstić information content (AvgIpc) is 3.25. The van der Waals surface area contributed by atoms with E-state index in [1.54, 1.807) is 73.0 Å². The maximum Gasteiger partial charge on any atom is 0.410 e. The van der Waals surface area contributed by atoms with E-state index in [-0.39, 0.29) is 58.2 Å². The molecule has 0 spiro atoms. The lowest BCUT2D eigenvalue weighted by Gasteiger charge is -2.26. The third kappa shape index (κ3) is 30.1. The lowest BCUT2D eigenvalue weighted by molar-refractivity contribution is -0.132. The Hall–Kier alpha value is -4.84. The van der Waals surface area contributed by atoms with Gasteiger partial charge in [0.15, 0.2) is 0 Å². The van der Waals surface area contributed by atoms with Crippen LogP contribution in [0.5, 0.6) is 0 Å². The second kappa shape index (κ2) is 34.5. The van der Waals surface area contributed by atoms with Gasteiger partial charge in [0, 0.05) is 52.4 Å². The first-order chi connectivity index (χ1) is 30.9. The lowest BCUT2D eigenvalue weighted by Crippen LogP contribution is -2.54. The molecule has 0 saturated heterocycles. The largest absolute Gasteiger partial charge is 0.445 e. The normalized spacial score (nSPS) is 12.2. The number of nitrogens with two attached hydrogens (primary N) is 2. The van der Waals surface area contributed by atoms with Crippen molar-refractivity contribution in [3.63, 3.8) is 0 Å². The van der Waals surface area contributed by atoms with Gasteiger partial charge in [0.1, 0.15) is 24.3 Å². The van der Waals surface area contributed by atoms with E-state index < -0.39 is 53.6 Å². The van der Waals surface area contributed by atoms with Crippen LogP contribution in [-0.2, 0) is 58.9 Å². The summed E-state index contributed by atoms with van der Waals surface area (Å²) in [5.41, 5.74) is 10.9. The van der Waals surface area contributed by atoms with Crippen LogP contribution in [-0.4, -0.2) is 183 Å². The van der Waals surface area contributed by atoms with E-state index in [0.29, 0.717) is 90.3 Å². The van der Waals surface area contributed by atoms with E-state index in [4.69, 9.17) is 49.4 Å². The van der Waals surface area contributed by atoms with Crippen molar-refractivity contribution in [2.45, 2.75) is 78.2 Å². The van der Waals surface area contributed by atoms with Crippen LogP contribution in [0.25, 0.3) is 0 Å². The second-order valence-electron chi connectivity index (χ2n) is 16.1. The summed E-state index contributed by atoms with van der Waals surface area (Å²) in [4.78, 5) is 78.5. The van der Waals surface area contributed by atoms with Gasteiger partial charge in [-0.3, -0.25) is 14.4 Å². The summed E-state index contributed by atoms with van der Waals surface area (Å²) >= 11 is 0. The highest BCUT2D eigenvalue weighted by Gasteiger charge is 2.29. The van der Waals surface area contributed by atoms with Gasteiger partial charge < -0.3 is 80.4 Å². The molecule has 22 heteroatoms. The Morgan fingerprint density at radius 3 is 1.65 bits per heavy atom. The molecule has 7 amide bonds. The zero-order valence-corrected chi connectivity index (χ0v) is 39.4. The molecule has 0 bridgehead atoms. The van der Waals surface area contributed by atoms with Crippen LogP contribution in [0, 0.1) is 5.92 Å². The van der Waals surface area contributed by atoms with Gasteiger partial charge in [-0.25, -0.2) is 14.4 Å². The Morgan fingerprint density at radius 2 is 1.17 bits per heavy atom. The summed E-state index contributed by atoms with van der Waals surface area (Å²) in [6.45, 7) is 14.6. The molecule has 0 heterocycles. The molecule has 1 aromatic rings. The van der Waals surface area contributed by atoms with Crippen molar-refractivity contribution >= 4 is 41.6 Å². The number of hydrogen-bond donors (Lipinski definition) is 6. The SMILES string of the molecule is CC(C)[C@H](NC(=O)CCOCCOCCOCCOCCOCCOCCN)C(=O)N[C@H](CCCNC(N)=O)C(=O)Nc1ccc(COC(=O)N(C)CCN(C)C(=O)OC(C)(C)C)cc1. The molecule has 0 aliphatic rings. The molecule has 22 nitrogen and oxygen atoms in total. The number of ether oxygens (including phenoxy) is 8. The van der Waals surface area contributed by atoms with E-state index in [1.165, 1.54) is 9.80 Å². The molecular formula is C43H76N8O14. The number of likely N-dealkylation sites (N-methyl/N-ethyl adjacent to an activating group) is 2. The third-order valence-electron chi connectivity index (χ3n) is 8.83. The average molecular weight is 929 g/mol. The molecule has 372 valence electrons. The van der Waals surface area contributed by atoms with Crippen molar-refractivity contribution in [2.75, 3.05) is 125 Å². The van der Waals surface area contributed by atoms with Gasteiger partial charge in [0.05, 0.1) is 79.3 Å². The van der Waals surface area contributed by atoms with Gasteiger partial charge in [-0.1, -0.05) is 26.0 Å². The minimum atomic E-state index is -1.04. The molecule has 0 radical (unpaired) electrons. The Labute approximate surface area is 383 Å². The van der Waals surface area contributed by atoms with Crippen LogP contribution in [0.15, 0.2) is 24.3 Å². The molecule has 1 aromatic carbocycles. The first-order valence-electron chi connectivity index (χ1n) is 21.9. The van der Waals surface area contributed by atoms with E-state index >= 15 is 0 Å². The highest BCUT2D eigenvalue weighted by molar-refractivity contribution is 5.98. The van der Waals surface area contributed by atoms with Gasteiger partial charge in [-0.2, -0.15) is 0 Å². The highest BCUT2D eigenvalue weighted by atomic mass is 16.6. The Morgan fingerprint density at radius 1 is 0.677 bits per heavy atom. The standard InChI is InChI=1S/C43H76N8O14/c1-32(2)37(49-36(52)14-19-58-21-23-60-25-27-62-29-30-63-28-26-61-24-22-59-20-15-44)39(54)48-35(9-8-16-46-40(45)55)38(53)47-34-12-10-33(11-13-34)31-64-41(56)50(6)17-18-51(7)42(57)65-43(3,4)5/h10-13,32,35,37H,8-9,14-31,44H2,1-7H3,(H,47,53)(H,48,54)(H,49,52)(H3,45,46,55)/t35-,37+/m1/s1. The third-order valence-corrected chi connectivity index (χ3v) is 8.83. The number of rotatable bonds is 35. The number of benzene rings is 1. The number of anilines is 1. The second-order valence-corrected chi connectivity index (χ2v) is 16.1. The quantitative estimate of drug-likeness (QED) is 0.0527. The summed E-state index contributed by atoms with van der Waals surface area (Å²) in [7, 11) is 3.13. The van der Waals surface area contributed by atoms with Crippen LogP contribution in [0.2, 0.25) is 0 Å². The van der Waals surface area contributed by atoms with Gasteiger partial charge in [0.2, 0.25) is 17.7 Å². The predicted octanol–water partition coefficient (Wildman–Crippen LogP) is 1.58. The molecule has 1 rings (SSSR count). The molecule has 0 saturated carbocycles. The fraction of sp³-hybridized carbons (Fsp3) is 0.721. The molecule has 0 unspecified atom stereocenters. The molecule has 0 aliphatic carbocycles. The number of carbonyl (C=O) groups is 6. The maximum absolute atomic E-state index is 13.5. The predicted molar refractivity (Wildman–Crippen MR) is 241 cm³/mol. The van der Waals surface area contributed by atoms with E-state index in [9.17, 15) is 28.8 Å². The monoisotopic (exact) mass is 929 g/mol. The van der Waals surface area contributed by atoms with Crippen molar-refractivity contribution in [3.8, 4) is 0 Å². The number of nitrogens with one attached hydrogen (secondary N) is 4. The van der Waals surface area contributed by atoms with Gasteiger partial charge in [-0.05, 0) is 57.2 Å². The number of amides is 7. The number of primary amides is 1. The van der Waals surface area contributed by atoms with Crippen molar-refractivity contribution in [1.29, 1.82) is 0 Å². The van der Waals surface area contributed by atoms with Crippen molar-refractivity contribution < 1.29 is 66.7 Å². The summed E-state index contributed by atoms with van der Waals surface area (Å²) in [6.07, 6.45) is -0.644. The fourth-order valence-electron chi connectivity index (χ4n) is 5.27. The minimum Gasteiger partial charge on any atom is -0.445 e. The van der Waals surface area contributed by atoms with Crippen molar-refractivity contribution in [2.24, 2.45) is 17.4 Å². The molecule has 65 heavy (non-hydrogen) atoms. The zero-order valence-electron chi connectivity index (χ0n) is 39.4. The van der Waals surface area contributed by atoms with Crippen molar-refractivity contribution in [1.82, 2.24) is 25.8 Å². The molecule has 0 fully saturated rings. The van der Waals surface area contributed by atoms with Crippen molar-refractivity contribution in [3.05, 3.63) is 29.8 Å². The van der Waals surface area contributed by atoms with Crippen LogP contribution in [0.1, 0.15) is 59.4 Å². The van der Waals surface area contributed by atoms with Crippen LogP contribution >= 0.6 is 0 Å². The number of carbonyl (C=O) groups excluding carboxylic acids is 6. The number of urea groups is 1. The highest BCUT2D eigenvalue weighted by Crippen LogP contribution is 2.14. The topological polar surface area (TPSA) is 283 Å². The van der Waals surface area contributed by atoms with E-state index in [0.717, 1.165) is 0 Å². The fourth-order valence-corrected chi connectivity index (χ4v) is 5.27. The molecule has 8 N–H and O–H groups in total. The summed E-state index contributed by atoms with van der Waals surface area (Å²) in [5, 5.41) is 10.7. The first kappa shape index (κ1) is 58.2. The van der Waals surface area contributed by atoms with Gasteiger partial charge >= 0.3 is 18.2 Å². The summed E-state index contributed by atoms with van der Waals surface area (Å²) in [5.74, 6) is -1.83. The Balaban J connectivity index is 2.52. The van der Waals surface area contributed by atoms with E-state index in [1.807, 2.05) is 0 Å². The van der Waals surface area contributed by atoms with Gasteiger partial charge in [-0.15, -0.1) is 0 Å². The molecule has 0 aromatic heterocycles. The lowest BCUT2D eigenvalue weighted by atomic mass is 10.0. The molecule has 0 aliphatic heterocycles. The Bertz CT molecular complexity index is 1520. The molecular weight excluding hydrogens is 853 g/mol. The zero-order chi connectivity index (χ0) is 48.5. The van der Waals surface area contributed by atoms with E-state index in [2.05, 4.69) is 21.3 Å². The van der Waals surface area contributed by atoms with Gasteiger partial charge in [0.25, 0.3) is 0 Å². The smallest absolute Gasteiger partial charge is 0.410 e. The van der Waals surface area contributed by atoms with Crippen LogP contribution < -0.4 is 32.7 Å². The Kier molecular flexibility index (Phi) is 30.9.